The molecule has 4 nitrogen and oxygen atoms in total. The monoisotopic (exact) mass is 285 g/mol. The van der Waals surface area contributed by atoms with Crippen LogP contribution in [0.15, 0.2) is 0 Å². The number of carboxylic acid groups (broad SMARTS) is 1. The maximum atomic E-state index is 12.5. The standard InChI is InChI=1S/C14H23NO3S/c1-10-5-3-7-14(9-10,12(17)18)15-11(16)13(2)6-4-8-19-13/h10H,3-9H2,1-2H3,(H,15,16)(H,17,18). The molecule has 3 atom stereocenters. The van der Waals surface area contributed by atoms with Crippen LogP contribution in [-0.2, 0) is 9.59 Å². The van der Waals surface area contributed by atoms with E-state index in [9.17, 15) is 14.7 Å². The Morgan fingerprint density at radius 1 is 1.32 bits per heavy atom. The lowest BCUT2D eigenvalue weighted by Gasteiger charge is -2.39. The van der Waals surface area contributed by atoms with Gasteiger partial charge in [0.2, 0.25) is 5.91 Å². The van der Waals surface area contributed by atoms with Gasteiger partial charge in [0, 0.05) is 0 Å². The molecule has 1 saturated carbocycles. The van der Waals surface area contributed by atoms with Crippen LogP contribution >= 0.6 is 11.8 Å². The van der Waals surface area contributed by atoms with Crippen molar-refractivity contribution >= 4 is 23.6 Å². The highest BCUT2D eigenvalue weighted by Gasteiger charge is 2.47. The number of nitrogens with one attached hydrogen (secondary N) is 1. The number of thioether (sulfide) groups is 1. The predicted molar refractivity (Wildman–Crippen MR) is 76.2 cm³/mol. The van der Waals surface area contributed by atoms with E-state index < -0.39 is 16.3 Å². The van der Waals surface area contributed by atoms with Crippen LogP contribution in [0.2, 0.25) is 0 Å². The number of rotatable bonds is 3. The highest BCUT2D eigenvalue weighted by Crippen LogP contribution is 2.40. The Hall–Kier alpha value is -0.710. The summed E-state index contributed by atoms with van der Waals surface area (Å²) in [6.45, 7) is 4.00. The van der Waals surface area contributed by atoms with Gasteiger partial charge in [-0.15, -0.1) is 11.8 Å². The quantitative estimate of drug-likeness (QED) is 0.835. The average Bonchev–Trinajstić information content (AvgIpc) is 2.77. The first kappa shape index (κ1) is 14.7. The van der Waals surface area contributed by atoms with Gasteiger partial charge in [0.1, 0.15) is 5.54 Å². The second-order valence-electron chi connectivity index (χ2n) is 6.23. The molecule has 0 aromatic carbocycles. The minimum atomic E-state index is -1.04. The summed E-state index contributed by atoms with van der Waals surface area (Å²) in [7, 11) is 0. The summed E-state index contributed by atoms with van der Waals surface area (Å²) in [4.78, 5) is 24.1. The number of hydrogen-bond acceptors (Lipinski definition) is 3. The van der Waals surface area contributed by atoms with Crippen molar-refractivity contribution in [2.24, 2.45) is 5.92 Å². The molecule has 0 aromatic heterocycles. The van der Waals surface area contributed by atoms with Crippen molar-refractivity contribution in [2.45, 2.75) is 62.7 Å². The lowest BCUT2D eigenvalue weighted by Crippen LogP contribution is -2.60. The molecule has 1 saturated heterocycles. The molecule has 3 unspecified atom stereocenters. The number of carbonyl (C=O) groups is 2. The zero-order chi connectivity index (χ0) is 14.1. The lowest BCUT2D eigenvalue weighted by molar-refractivity contribution is -0.150. The lowest BCUT2D eigenvalue weighted by atomic mass is 9.76. The Kier molecular flexibility index (Phi) is 4.14. The Bertz CT molecular complexity index is 379. The van der Waals surface area contributed by atoms with Crippen LogP contribution < -0.4 is 5.32 Å². The van der Waals surface area contributed by atoms with Crippen molar-refractivity contribution < 1.29 is 14.7 Å². The molecule has 0 aromatic rings. The minimum absolute atomic E-state index is 0.0912. The minimum Gasteiger partial charge on any atom is -0.480 e. The van der Waals surface area contributed by atoms with E-state index in [1.54, 1.807) is 11.8 Å². The molecule has 0 spiro atoms. The zero-order valence-electron chi connectivity index (χ0n) is 11.7. The van der Waals surface area contributed by atoms with Crippen LogP contribution in [0.4, 0.5) is 0 Å². The Morgan fingerprint density at radius 3 is 2.58 bits per heavy atom. The predicted octanol–water partition coefficient (Wildman–Crippen LogP) is 2.42. The Balaban J connectivity index is 2.12. The molecule has 2 aliphatic rings. The van der Waals surface area contributed by atoms with E-state index in [4.69, 9.17) is 0 Å². The average molecular weight is 285 g/mol. The zero-order valence-corrected chi connectivity index (χ0v) is 12.5. The third-order valence-corrected chi connectivity index (χ3v) is 5.98. The van der Waals surface area contributed by atoms with Gasteiger partial charge >= 0.3 is 5.97 Å². The van der Waals surface area contributed by atoms with E-state index in [1.807, 2.05) is 6.92 Å². The molecule has 2 fully saturated rings. The summed E-state index contributed by atoms with van der Waals surface area (Å²) in [6.07, 6.45) is 4.91. The van der Waals surface area contributed by atoms with Gasteiger partial charge < -0.3 is 10.4 Å². The van der Waals surface area contributed by atoms with E-state index in [1.165, 1.54) is 0 Å². The van der Waals surface area contributed by atoms with Crippen molar-refractivity contribution in [3.63, 3.8) is 0 Å². The molecule has 19 heavy (non-hydrogen) atoms. The second-order valence-corrected chi connectivity index (χ2v) is 7.82. The molecular weight excluding hydrogens is 262 g/mol. The topological polar surface area (TPSA) is 66.4 Å². The first-order valence-electron chi connectivity index (χ1n) is 7.08. The van der Waals surface area contributed by atoms with Gasteiger partial charge in [-0.3, -0.25) is 4.79 Å². The van der Waals surface area contributed by atoms with Crippen molar-refractivity contribution in [1.29, 1.82) is 0 Å². The number of carboxylic acids is 1. The van der Waals surface area contributed by atoms with Crippen LogP contribution in [0.25, 0.3) is 0 Å². The number of hydrogen-bond donors (Lipinski definition) is 2. The van der Waals surface area contributed by atoms with Gasteiger partial charge in [-0.1, -0.05) is 19.8 Å². The van der Waals surface area contributed by atoms with E-state index in [0.717, 1.165) is 31.4 Å². The van der Waals surface area contributed by atoms with E-state index in [2.05, 4.69) is 12.2 Å². The Morgan fingerprint density at radius 2 is 2.05 bits per heavy atom. The molecule has 1 aliphatic heterocycles. The second kappa shape index (κ2) is 5.35. The molecule has 1 heterocycles. The number of amides is 1. The molecule has 2 rings (SSSR count). The van der Waals surface area contributed by atoms with Gasteiger partial charge in [0.25, 0.3) is 0 Å². The van der Waals surface area contributed by atoms with Crippen molar-refractivity contribution in [3.05, 3.63) is 0 Å². The fourth-order valence-electron chi connectivity index (χ4n) is 3.22. The summed E-state index contributed by atoms with van der Waals surface area (Å²) in [5.41, 5.74) is -1.04. The van der Waals surface area contributed by atoms with Crippen LogP contribution in [0.1, 0.15) is 52.4 Å². The first-order valence-corrected chi connectivity index (χ1v) is 8.06. The normalized spacial score (nSPS) is 38.9. The fraction of sp³-hybridized carbons (Fsp3) is 0.857. The maximum absolute atomic E-state index is 12.5. The van der Waals surface area contributed by atoms with Crippen molar-refractivity contribution in [3.8, 4) is 0 Å². The summed E-state index contributed by atoms with van der Waals surface area (Å²) in [5.74, 6) is 0.375. The highest BCUT2D eigenvalue weighted by molar-refractivity contribution is 8.01. The van der Waals surface area contributed by atoms with Gasteiger partial charge in [0.15, 0.2) is 0 Å². The molecule has 108 valence electrons. The van der Waals surface area contributed by atoms with Crippen LogP contribution in [0, 0.1) is 5.92 Å². The van der Waals surface area contributed by atoms with E-state index in [0.29, 0.717) is 18.8 Å². The largest absolute Gasteiger partial charge is 0.480 e. The first-order chi connectivity index (χ1) is 8.88. The number of aliphatic carboxylic acids is 1. The SMILES string of the molecule is CC1CCCC(NC(=O)C2(C)CCCS2)(C(=O)O)C1. The number of carbonyl (C=O) groups excluding carboxylic acids is 1. The van der Waals surface area contributed by atoms with Crippen molar-refractivity contribution in [2.75, 3.05) is 5.75 Å². The van der Waals surface area contributed by atoms with E-state index in [-0.39, 0.29) is 5.91 Å². The molecule has 0 radical (unpaired) electrons. The van der Waals surface area contributed by atoms with Gasteiger partial charge in [0.05, 0.1) is 4.75 Å². The summed E-state index contributed by atoms with van der Waals surface area (Å²) >= 11 is 1.65. The van der Waals surface area contributed by atoms with Crippen LogP contribution in [0.3, 0.4) is 0 Å². The summed E-state index contributed by atoms with van der Waals surface area (Å²) in [6, 6.07) is 0. The third-order valence-electron chi connectivity index (χ3n) is 4.46. The molecule has 0 bridgehead atoms. The molecule has 1 aliphatic carbocycles. The third kappa shape index (κ3) is 2.91. The highest BCUT2D eigenvalue weighted by atomic mass is 32.2. The molecular formula is C14H23NO3S. The Labute approximate surface area is 118 Å². The van der Waals surface area contributed by atoms with Crippen LogP contribution in [-0.4, -0.2) is 33.0 Å². The van der Waals surface area contributed by atoms with Crippen LogP contribution in [0.5, 0.6) is 0 Å². The summed E-state index contributed by atoms with van der Waals surface area (Å²) < 4.78 is -0.441. The van der Waals surface area contributed by atoms with Crippen molar-refractivity contribution in [1.82, 2.24) is 5.32 Å². The van der Waals surface area contributed by atoms with Gasteiger partial charge in [-0.05, 0) is 44.3 Å². The summed E-state index contributed by atoms with van der Waals surface area (Å²) in [5, 5.41) is 12.4. The maximum Gasteiger partial charge on any atom is 0.329 e. The molecule has 1 amide bonds. The van der Waals surface area contributed by atoms with E-state index >= 15 is 0 Å². The molecule has 2 N–H and O–H groups in total. The van der Waals surface area contributed by atoms with Gasteiger partial charge in [-0.2, -0.15) is 0 Å². The van der Waals surface area contributed by atoms with Gasteiger partial charge in [-0.25, -0.2) is 4.79 Å². The molecule has 5 heteroatoms. The smallest absolute Gasteiger partial charge is 0.329 e. The fourth-order valence-corrected chi connectivity index (χ4v) is 4.43.